The van der Waals surface area contributed by atoms with Crippen LogP contribution in [0.1, 0.15) is 54.8 Å². The maximum atomic E-state index is 4.60. The Morgan fingerprint density at radius 2 is 1.92 bits per heavy atom. The highest BCUT2D eigenvalue weighted by molar-refractivity contribution is 5.64. The fraction of sp³-hybridized carbons (Fsp3) is 0.391. The average Bonchev–Trinajstić information content (AvgIpc) is 3.19. The summed E-state index contributed by atoms with van der Waals surface area (Å²) in [6.07, 6.45) is 11.7. The van der Waals surface area contributed by atoms with Crippen molar-refractivity contribution in [3.63, 3.8) is 0 Å². The summed E-state index contributed by atoms with van der Waals surface area (Å²) in [6.45, 7) is 4.21. The van der Waals surface area contributed by atoms with Gasteiger partial charge in [0, 0.05) is 36.1 Å². The molecule has 3 heteroatoms. The van der Waals surface area contributed by atoms with Gasteiger partial charge in [-0.3, -0.25) is 9.98 Å². The fourth-order valence-corrected chi connectivity index (χ4v) is 3.37. The van der Waals surface area contributed by atoms with Gasteiger partial charge >= 0.3 is 0 Å². The first kappa shape index (κ1) is 18.5. The molecule has 0 fully saturated rings. The molecule has 2 aromatic rings. The second-order valence-corrected chi connectivity index (χ2v) is 6.96. The quantitative estimate of drug-likeness (QED) is 0.612. The molecule has 0 spiro atoms. The van der Waals surface area contributed by atoms with E-state index in [1.54, 1.807) is 0 Å². The zero-order valence-electron chi connectivity index (χ0n) is 15.7. The number of nitrogens with zero attached hydrogens (tertiary/aromatic N) is 2. The zero-order valence-corrected chi connectivity index (χ0v) is 15.7. The number of hydrogen-bond donors (Lipinski definition) is 1. The van der Waals surface area contributed by atoms with Crippen LogP contribution in [0.25, 0.3) is 0 Å². The molecular formula is C23H29N3. The van der Waals surface area contributed by atoms with E-state index >= 15 is 0 Å². The van der Waals surface area contributed by atoms with E-state index in [4.69, 9.17) is 0 Å². The van der Waals surface area contributed by atoms with Crippen LogP contribution in [-0.4, -0.2) is 24.3 Å². The van der Waals surface area contributed by atoms with E-state index in [0.29, 0.717) is 5.92 Å². The van der Waals surface area contributed by atoms with Gasteiger partial charge in [0.15, 0.2) is 0 Å². The minimum atomic E-state index is 0.349. The van der Waals surface area contributed by atoms with Gasteiger partial charge in [0.05, 0.1) is 0 Å². The summed E-state index contributed by atoms with van der Waals surface area (Å²) in [5.74, 6) is 0.349. The Balaban J connectivity index is 1.45. The van der Waals surface area contributed by atoms with E-state index in [1.165, 1.54) is 29.7 Å². The summed E-state index contributed by atoms with van der Waals surface area (Å²) in [4.78, 5) is 8.98. The molecule has 0 saturated heterocycles. The van der Waals surface area contributed by atoms with Crippen molar-refractivity contribution in [1.82, 2.24) is 10.3 Å². The van der Waals surface area contributed by atoms with Crippen molar-refractivity contribution >= 4 is 6.21 Å². The lowest BCUT2D eigenvalue weighted by Crippen LogP contribution is -2.19. The normalized spacial score (nSPS) is 14.4. The monoisotopic (exact) mass is 347 g/mol. The molecule has 0 aliphatic carbocycles. The van der Waals surface area contributed by atoms with Gasteiger partial charge in [-0.1, -0.05) is 42.0 Å². The Kier molecular flexibility index (Phi) is 7.15. The number of hydrogen-bond acceptors (Lipinski definition) is 3. The number of aromatic nitrogens is 1. The molecule has 0 bridgehead atoms. The third kappa shape index (κ3) is 5.63. The Hall–Kier alpha value is -2.26. The van der Waals surface area contributed by atoms with Gasteiger partial charge in [0.1, 0.15) is 0 Å². The molecule has 2 heterocycles. The number of nitrogens with one attached hydrogen (secondary N) is 1. The number of allylic oxidation sites excluding steroid dienone is 2. The van der Waals surface area contributed by atoms with Crippen molar-refractivity contribution in [2.45, 2.75) is 44.9 Å². The van der Waals surface area contributed by atoms with Gasteiger partial charge in [-0.25, -0.2) is 0 Å². The van der Waals surface area contributed by atoms with E-state index in [9.17, 15) is 0 Å². The number of benzene rings is 1. The highest BCUT2D eigenvalue weighted by Gasteiger charge is 2.14. The van der Waals surface area contributed by atoms with Crippen molar-refractivity contribution < 1.29 is 0 Å². The third-order valence-corrected chi connectivity index (χ3v) is 4.89. The van der Waals surface area contributed by atoms with Crippen LogP contribution in [0.5, 0.6) is 0 Å². The van der Waals surface area contributed by atoms with Gasteiger partial charge in [-0.15, -0.1) is 0 Å². The molecular weight excluding hydrogens is 318 g/mol. The Labute approximate surface area is 157 Å². The van der Waals surface area contributed by atoms with Crippen LogP contribution in [0.4, 0.5) is 0 Å². The highest BCUT2D eigenvalue weighted by atomic mass is 14.8. The molecule has 26 heavy (non-hydrogen) atoms. The van der Waals surface area contributed by atoms with Crippen molar-refractivity contribution in [2.75, 3.05) is 13.1 Å². The minimum Gasteiger partial charge on any atom is -0.317 e. The second-order valence-electron chi connectivity index (χ2n) is 6.96. The number of rotatable bonds is 10. The topological polar surface area (TPSA) is 37.3 Å². The smallest absolute Gasteiger partial charge is 0.0478 e. The molecule has 3 nitrogen and oxygen atoms in total. The molecule has 1 aliphatic heterocycles. The van der Waals surface area contributed by atoms with Crippen LogP contribution in [0, 0.1) is 6.92 Å². The van der Waals surface area contributed by atoms with E-state index in [1.807, 2.05) is 18.5 Å². The molecule has 0 saturated carbocycles. The predicted molar refractivity (Wildman–Crippen MR) is 110 cm³/mol. The Morgan fingerprint density at radius 3 is 2.65 bits per heavy atom. The molecule has 1 aromatic heterocycles. The molecule has 1 aromatic carbocycles. The molecule has 0 amide bonds. The van der Waals surface area contributed by atoms with Crippen LogP contribution in [0.2, 0.25) is 0 Å². The minimum absolute atomic E-state index is 0.349. The maximum absolute atomic E-state index is 4.60. The lowest BCUT2D eigenvalue weighted by molar-refractivity contribution is 0.576. The molecule has 1 atom stereocenters. The first-order valence-corrected chi connectivity index (χ1v) is 9.73. The number of pyridine rings is 1. The summed E-state index contributed by atoms with van der Waals surface area (Å²) in [6, 6.07) is 15.1. The largest absolute Gasteiger partial charge is 0.317 e. The van der Waals surface area contributed by atoms with Gasteiger partial charge in [-0.2, -0.15) is 0 Å². The summed E-state index contributed by atoms with van der Waals surface area (Å²) in [5, 5.41) is 3.61. The lowest BCUT2D eigenvalue weighted by Gasteiger charge is -2.18. The van der Waals surface area contributed by atoms with Crippen molar-refractivity contribution in [3.05, 3.63) is 77.3 Å². The number of aliphatic imine (C=N–C) groups is 1. The number of aryl methyl sites for hydroxylation is 1. The Morgan fingerprint density at radius 1 is 1.04 bits per heavy atom. The van der Waals surface area contributed by atoms with Gasteiger partial charge in [0.25, 0.3) is 0 Å². The van der Waals surface area contributed by atoms with Gasteiger partial charge in [0.2, 0.25) is 0 Å². The fourth-order valence-electron chi connectivity index (χ4n) is 3.37. The van der Waals surface area contributed by atoms with Crippen molar-refractivity contribution in [2.24, 2.45) is 4.99 Å². The molecule has 3 rings (SSSR count). The predicted octanol–water partition coefficient (Wildman–Crippen LogP) is 5.03. The number of unbranched alkanes of at least 4 members (excludes halogenated alkanes) is 1. The van der Waals surface area contributed by atoms with Crippen molar-refractivity contribution in [3.8, 4) is 0 Å². The molecule has 0 radical (unpaired) electrons. The highest BCUT2D eigenvalue weighted by Crippen LogP contribution is 2.26. The van der Waals surface area contributed by atoms with Crippen LogP contribution in [0.3, 0.4) is 0 Å². The molecule has 136 valence electrons. The van der Waals surface area contributed by atoms with Crippen LogP contribution in [-0.2, 0) is 0 Å². The second kappa shape index (κ2) is 10.0. The summed E-state index contributed by atoms with van der Waals surface area (Å²) in [5.41, 5.74) is 5.07. The van der Waals surface area contributed by atoms with E-state index in [0.717, 1.165) is 38.0 Å². The van der Waals surface area contributed by atoms with Crippen LogP contribution < -0.4 is 5.32 Å². The van der Waals surface area contributed by atoms with Crippen molar-refractivity contribution in [1.29, 1.82) is 0 Å². The molecule has 1 unspecified atom stereocenters. The Bertz CT molecular complexity index is 717. The van der Waals surface area contributed by atoms with E-state index < -0.39 is 0 Å². The third-order valence-electron chi connectivity index (χ3n) is 4.89. The summed E-state index contributed by atoms with van der Waals surface area (Å²) >= 11 is 0. The molecule has 1 aliphatic rings. The SMILES string of the molecule is Cc1ccc(C(CCNCCCCC2=CCC=N2)c2ccccn2)cc1. The average molecular weight is 348 g/mol. The van der Waals surface area contributed by atoms with E-state index in [-0.39, 0.29) is 0 Å². The first-order valence-electron chi connectivity index (χ1n) is 9.73. The van der Waals surface area contributed by atoms with Gasteiger partial charge < -0.3 is 5.32 Å². The lowest BCUT2D eigenvalue weighted by atomic mass is 9.91. The van der Waals surface area contributed by atoms with Crippen LogP contribution >= 0.6 is 0 Å². The standard InChI is InChI=1S/C23H29N3/c1-19-10-12-20(13-11-19)22(23-9-3-5-16-26-23)14-18-24-15-4-2-7-21-8-6-17-25-21/h3,5,8-13,16-17,22,24H,2,4,6-7,14-15,18H2,1H3. The summed E-state index contributed by atoms with van der Waals surface area (Å²) < 4.78 is 0. The van der Waals surface area contributed by atoms with Gasteiger partial charge in [-0.05, 0) is 63.4 Å². The maximum Gasteiger partial charge on any atom is 0.0478 e. The summed E-state index contributed by atoms with van der Waals surface area (Å²) in [7, 11) is 0. The zero-order chi connectivity index (χ0) is 18.0. The first-order chi connectivity index (χ1) is 12.8. The van der Waals surface area contributed by atoms with Crippen LogP contribution in [0.15, 0.2) is 65.4 Å². The van der Waals surface area contributed by atoms with E-state index in [2.05, 4.69) is 64.7 Å². The molecule has 1 N–H and O–H groups in total.